The van der Waals surface area contributed by atoms with E-state index in [2.05, 4.69) is 15.3 Å². The molecule has 0 amide bonds. The molecule has 12 heteroatoms. The number of H-pyrrole nitrogens is 1. The second kappa shape index (κ2) is 5.38. The zero-order valence-electron chi connectivity index (χ0n) is 10.4. The smallest absolute Gasteiger partial charge is 0.351 e. The molecule has 0 radical (unpaired) electrons. The van der Waals surface area contributed by atoms with Gasteiger partial charge in [-0.25, -0.2) is 0 Å². The van der Waals surface area contributed by atoms with E-state index in [1.165, 1.54) is 12.0 Å². The number of fused-ring (bicyclic) bond motifs is 1. The van der Waals surface area contributed by atoms with Gasteiger partial charge in [0.1, 0.15) is 5.69 Å². The minimum absolute atomic E-state index is 0.0905. The summed E-state index contributed by atoms with van der Waals surface area (Å²) in [6.07, 6.45) is -1.94. The Kier molecular flexibility index (Phi) is 3.97. The molecule has 1 aromatic rings. The van der Waals surface area contributed by atoms with Gasteiger partial charge in [0.2, 0.25) is 12.4 Å². The van der Waals surface area contributed by atoms with Gasteiger partial charge in [0, 0.05) is 7.11 Å². The van der Waals surface area contributed by atoms with Gasteiger partial charge in [-0.2, -0.15) is 4.98 Å². The molecule has 2 heterocycles. The van der Waals surface area contributed by atoms with Gasteiger partial charge >= 0.3 is 7.60 Å². The Bertz CT molecular complexity index is 600. The Morgan fingerprint density at radius 1 is 1.60 bits per heavy atom. The summed E-state index contributed by atoms with van der Waals surface area (Å²) >= 11 is 0. The van der Waals surface area contributed by atoms with Crippen LogP contribution in [0.25, 0.3) is 0 Å². The number of hydrogen-bond donors (Lipinski definition) is 5. The largest absolute Gasteiger partial charge is 0.369 e. The van der Waals surface area contributed by atoms with Crippen molar-refractivity contribution in [3.05, 3.63) is 10.4 Å². The SMILES string of the molecule is COC(OCP(=O)(O)O)N1CNc2c1nc(N)[nH]c2=O. The van der Waals surface area contributed by atoms with E-state index in [1.54, 1.807) is 0 Å². The molecule has 2 rings (SSSR count). The van der Waals surface area contributed by atoms with Crippen molar-refractivity contribution < 1.29 is 23.8 Å². The first kappa shape index (κ1) is 14.8. The van der Waals surface area contributed by atoms with Crippen LogP contribution in [0.15, 0.2) is 4.79 Å². The first-order chi connectivity index (χ1) is 9.31. The van der Waals surface area contributed by atoms with Crippen molar-refractivity contribution in [1.82, 2.24) is 9.97 Å². The highest BCUT2D eigenvalue weighted by Gasteiger charge is 2.31. The molecule has 6 N–H and O–H groups in total. The molecule has 112 valence electrons. The van der Waals surface area contributed by atoms with Crippen LogP contribution >= 0.6 is 7.60 Å². The summed E-state index contributed by atoms with van der Waals surface area (Å²) in [5.41, 5.74) is 5.17. The fourth-order valence-corrected chi connectivity index (χ4v) is 2.03. The Labute approximate surface area is 112 Å². The fraction of sp³-hybridized carbons (Fsp3) is 0.500. The van der Waals surface area contributed by atoms with Crippen LogP contribution in [0.4, 0.5) is 17.5 Å². The number of anilines is 3. The first-order valence-corrected chi connectivity index (χ1v) is 7.21. The number of nitrogens with two attached hydrogens (primary N) is 1. The van der Waals surface area contributed by atoms with Crippen LogP contribution in [-0.4, -0.2) is 46.3 Å². The zero-order valence-corrected chi connectivity index (χ0v) is 11.3. The Morgan fingerprint density at radius 3 is 2.90 bits per heavy atom. The lowest BCUT2D eigenvalue weighted by Gasteiger charge is -2.26. The van der Waals surface area contributed by atoms with E-state index in [0.717, 1.165) is 0 Å². The normalized spacial score (nSPS) is 15.8. The molecule has 1 aliphatic rings. The average molecular weight is 307 g/mol. The number of nitrogen functional groups attached to an aromatic ring is 1. The van der Waals surface area contributed by atoms with Crippen LogP contribution in [0.5, 0.6) is 0 Å². The quantitative estimate of drug-likeness (QED) is 0.323. The number of ether oxygens (including phenoxy) is 2. The third kappa shape index (κ3) is 3.08. The summed E-state index contributed by atoms with van der Waals surface area (Å²) < 4.78 is 20.8. The number of aromatic nitrogens is 2. The minimum atomic E-state index is -4.34. The van der Waals surface area contributed by atoms with E-state index >= 15 is 0 Å². The molecule has 0 bridgehead atoms. The number of nitrogens with one attached hydrogen (secondary N) is 2. The van der Waals surface area contributed by atoms with Crippen LogP contribution in [0, 0.1) is 0 Å². The van der Waals surface area contributed by atoms with Crippen molar-refractivity contribution >= 4 is 25.0 Å². The fourth-order valence-electron chi connectivity index (χ4n) is 1.71. The van der Waals surface area contributed by atoms with Crippen molar-refractivity contribution in [3.8, 4) is 0 Å². The molecule has 20 heavy (non-hydrogen) atoms. The number of aromatic amines is 1. The monoisotopic (exact) mass is 307 g/mol. The molecule has 1 atom stereocenters. The lowest BCUT2D eigenvalue weighted by molar-refractivity contribution is -0.111. The second-order valence-corrected chi connectivity index (χ2v) is 5.55. The Morgan fingerprint density at radius 2 is 2.30 bits per heavy atom. The molecule has 0 spiro atoms. The molecule has 0 aliphatic carbocycles. The maximum Gasteiger partial charge on any atom is 0.351 e. The lowest BCUT2D eigenvalue weighted by atomic mass is 10.5. The standard InChI is InChI=1S/C8H14N5O6P/c1-18-8(19-3-20(15,16)17)13-2-10-4-5(13)11-7(9)12-6(4)14/h8,10H,2-3H2,1H3,(H2,15,16,17)(H3,9,11,12,14). The number of methoxy groups -OCH3 is 1. The Balaban J connectivity index is 2.23. The maximum atomic E-state index is 11.6. The predicted molar refractivity (Wildman–Crippen MR) is 69.0 cm³/mol. The number of rotatable bonds is 5. The van der Waals surface area contributed by atoms with Gasteiger partial charge in [0.15, 0.2) is 12.2 Å². The predicted octanol–water partition coefficient (Wildman–Crippen LogP) is -1.38. The van der Waals surface area contributed by atoms with Crippen molar-refractivity contribution in [2.24, 2.45) is 0 Å². The van der Waals surface area contributed by atoms with Gasteiger partial charge in [-0.1, -0.05) is 0 Å². The maximum absolute atomic E-state index is 11.6. The Hall–Kier alpha value is -1.65. The van der Waals surface area contributed by atoms with E-state index in [-0.39, 0.29) is 24.1 Å². The van der Waals surface area contributed by atoms with E-state index in [0.29, 0.717) is 0 Å². The summed E-state index contributed by atoms with van der Waals surface area (Å²) in [5.74, 6) is 0.0936. The molecule has 11 nitrogen and oxygen atoms in total. The van der Waals surface area contributed by atoms with Crippen LogP contribution in [0.2, 0.25) is 0 Å². The van der Waals surface area contributed by atoms with Crippen molar-refractivity contribution in [3.63, 3.8) is 0 Å². The third-order valence-corrected chi connectivity index (χ3v) is 2.94. The highest BCUT2D eigenvalue weighted by molar-refractivity contribution is 7.51. The van der Waals surface area contributed by atoms with E-state index in [1.807, 2.05) is 0 Å². The molecular weight excluding hydrogens is 293 g/mol. The molecule has 0 saturated heterocycles. The second-order valence-electron chi connectivity index (χ2n) is 3.96. The number of hydrogen-bond acceptors (Lipinski definition) is 8. The highest BCUT2D eigenvalue weighted by atomic mass is 31.2. The topological polar surface area (TPSA) is 163 Å². The van der Waals surface area contributed by atoms with Crippen LogP contribution in [-0.2, 0) is 14.0 Å². The van der Waals surface area contributed by atoms with E-state index < -0.39 is 25.9 Å². The van der Waals surface area contributed by atoms with E-state index in [9.17, 15) is 9.36 Å². The molecular formula is C8H14N5O6P. The summed E-state index contributed by atoms with van der Waals surface area (Å²) in [7, 11) is -3.05. The lowest BCUT2D eigenvalue weighted by Crippen LogP contribution is -2.39. The average Bonchev–Trinajstić information content (AvgIpc) is 2.73. The molecule has 1 aliphatic heterocycles. The molecule has 0 fully saturated rings. The van der Waals surface area contributed by atoms with Crippen LogP contribution < -0.4 is 21.5 Å². The van der Waals surface area contributed by atoms with Crippen LogP contribution in [0.3, 0.4) is 0 Å². The van der Waals surface area contributed by atoms with Gasteiger partial charge in [0.25, 0.3) is 5.56 Å². The highest BCUT2D eigenvalue weighted by Crippen LogP contribution is 2.36. The first-order valence-electron chi connectivity index (χ1n) is 5.41. The third-order valence-electron chi connectivity index (χ3n) is 2.46. The molecule has 1 unspecified atom stereocenters. The molecule has 1 aromatic heterocycles. The molecule has 0 aromatic carbocycles. The minimum Gasteiger partial charge on any atom is -0.369 e. The number of nitrogens with zero attached hydrogens (tertiary/aromatic N) is 2. The van der Waals surface area contributed by atoms with E-state index in [4.69, 9.17) is 25.0 Å². The molecule has 0 saturated carbocycles. The van der Waals surface area contributed by atoms with Gasteiger partial charge in [-0.3, -0.25) is 19.2 Å². The summed E-state index contributed by atoms with van der Waals surface area (Å²) in [6, 6.07) is 0. The van der Waals surface area contributed by atoms with Gasteiger partial charge in [-0.15, -0.1) is 0 Å². The van der Waals surface area contributed by atoms with Crippen molar-refractivity contribution in [1.29, 1.82) is 0 Å². The van der Waals surface area contributed by atoms with Gasteiger partial charge < -0.3 is 30.3 Å². The van der Waals surface area contributed by atoms with Crippen LogP contribution in [0.1, 0.15) is 0 Å². The van der Waals surface area contributed by atoms with Crippen molar-refractivity contribution in [2.75, 3.05) is 36.1 Å². The zero-order chi connectivity index (χ0) is 14.9. The summed E-state index contributed by atoms with van der Waals surface area (Å²) in [6.45, 7) is 0.120. The van der Waals surface area contributed by atoms with Gasteiger partial charge in [0.05, 0.1) is 6.67 Å². The van der Waals surface area contributed by atoms with Crippen molar-refractivity contribution in [2.45, 2.75) is 6.41 Å². The summed E-state index contributed by atoms with van der Waals surface area (Å²) in [4.78, 5) is 36.9. The summed E-state index contributed by atoms with van der Waals surface area (Å²) in [5, 5.41) is 2.77. The van der Waals surface area contributed by atoms with Gasteiger partial charge in [-0.05, 0) is 0 Å².